The molecule has 1 rings (SSSR count). The molecule has 1 aromatic carbocycles. The van der Waals surface area contributed by atoms with Crippen LogP contribution in [0.4, 0.5) is 0 Å². The number of rotatable bonds is 4. The fourth-order valence-electron chi connectivity index (χ4n) is 2.36. The van der Waals surface area contributed by atoms with E-state index in [-0.39, 0.29) is 11.5 Å². The molecular formula is C15H24O. The van der Waals surface area contributed by atoms with Gasteiger partial charge in [0, 0.05) is 0 Å². The fraction of sp³-hybridized carbons (Fsp3) is 0.600. The lowest BCUT2D eigenvalue weighted by molar-refractivity contribution is 0.0134. The molecule has 0 aliphatic carbocycles. The maximum Gasteiger partial charge on any atom is 0.0617 e. The highest BCUT2D eigenvalue weighted by molar-refractivity contribution is 5.23. The van der Waals surface area contributed by atoms with E-state index >= 15 is 0 Å². The van der Waals surface area contributed by atoms with Crippen molar-refractivity contribution in [2.24, 2.45) is 11.3 Å². The van der Waals surface area contributed by atoms with Gasteiger partial charge in [-0.1, -0.05) is 57.5 Å². The first-order chi connectivity index (χ1) is 7.33. The molecule has 1 heteroatoms. The minimum absolute atomic E-state index is 0.0675. The summed E-state index contributed by atoms with van der Waals surface area (Å²) in [5.74, 6) is 0.305. The molecule has 0 aromatic heterocycles. The van der Waals surface area contributed by atoms with E-state index in [1.807, 2.05) is 0 Å². The third-order valence-electron chi connectivity index (χ3n) is 3.17. The Labute approximate surface area is 99.5 Å². The SMILES string of the molecule is Cc1cccc(CC(C)(C)C(O)C(C)C)c1. The van der Waals surface area contributed by atoms with Crippen LogP contribution in [0.1, 0.15) is 38.8 Å². The van der Waals surface area contributed by atoms with Gasteiger partial charge >= 0.3 is 0 Å². The predicted molar refractivity (Wildman–Crippen MR) is 69.5 cm³/mol. The predicted octanol–water partition coefficient (Wildman–Crippen LogP) is 3.58. The van der Waals surface area contributed by atoms with Gasteiger partial charge in [0.05, 0.1) is 6.10 Å². The van der Waals surface area contributed by atoms with E-state index in [4.69, 9.17) is 0 Å². The van der Waals surface area contributed by atoms with Crippen molar-refractivity contribution in [1.82, 2.24) is 0 Å². The first-order valence-corrected chi connectivity index (χ1v) is 6.06. The lowest BCUT2D eigenvalue weighted by atomic mass is 9.76. The molecule has 1 N–H and O–H groups in total. The summed E-state index contributed by atoms with van der Waals surface area (Å²) in [5.41, 5.74) is 2.53. The number of hydrogen-bond acceptors (Lipinski definition) is 1. The highest BCUT2D eigenvalue weighted by Gasteiger charge is 2.30. The highest BCUT2D eigenvalue weighted by atomic mass is 16.3. The lowest BCUT2D eigenvalue weighted by Gasteiger charge is -2.33. The van der Waals surface area contributed by atoms with Crippen LogP contribution in [0.25, 0.3) is 0 Å². The Morgan fingerprint density at radius 2 is 1.88 bits per heavy atom. The molecule has 0 heterocycles. The van der Waals surface area contributed by atoms with Crippen LogP contribution >= 0.6 is 0 Å². The summed E-state index contributed by atoms with van der Waals surface area (Å²) in [7, 11) is 0. The Morgan fingerprint density at radius 3 is 2.38 bits per heavy atom. The Bertz CT molecular complexity index is 339. The Kier molecular flexibility index (Phi) is 4.15. The van der Waals surface area contributed by atoms with E-state index in [1.165, 1.54) is 11.1 Å². The van der Waals surface area contributed by atoms with Crippen molar-refractivity contribution < 1.29 is 5.11 Å². The second-order valence-corrected chi connectivity index (χ2v) is 5.84. The Hall–Kier alpha value is -0.820. The molecule has 0 saturated heterocycles. The average molecular weight is 220 g/mol. The average Bonchev–Trinajstić information content (AvgIpc) is 2.15. The van der Waals surface area contributed by atoms with Gasteiger partial charge < -0.3 is 5.11 Å². The van der Waals surface area contributed by atoms with Crippen LogP contribution in [-0.4, -0.2) is 11.2 Å². The maximum atomic E-state index is 10.2. The number of benzene rings is 1. The van der Waals surface area contributed by atoms with E-state index in [0.29, 0.717) is 5.92 Å². The minimum Gasteiger partial charge on any atom is -0.392 e. The summed E-state index contributed by atoms with van der Waals surface area (Å²) in [6.45, 7) is 10.5. The quantitative estimate of drug-likeness (QED) is 0.822. The molecule has 0 spiro atoms. The fourth-order valence-corrected chi connectivity index (χ4v) is 2.36. The van der Waals surface area contributed by atoms with Crippen LogP contribution in [0, 0.1) is 18.3 Å². The van der Waals surface area contributed by atoms with Crippen LogP contribution < -0.4 is 0 Å². The van der Waals surface area contributed by atoms with E-state index in [0.717, 1.165) is 6.42 Å². The standard InChI is InChI=1S/C15H24O/c1-11(2)14(16)15(4,5)10-13-8-6-7-12(3)9-13/h6-9,11,14,16H,10H2,1-5H3. The van der Waals surface area contributed by atoms with Gasteiger partial charge in [0.2, 0.25) is 0 Å². The summed E-state index contributed by atoms with van der Waals surface area (Å²) in [6.07, 6.45) is 0.668. The second-order valence-electron chi connectivity index (χ2n) is 5.84. The number of aryl methyl sites for hydroxylation is 1. The number of aliphatic hydroxyl groups excluding tert-OH is 1. The Morgan fingerprint density at radius 1 is 1.25 bits per heavy atom. The van der Waals surface area contributed by atoms with Crippen molar-refractivity contribution in [3.05, 3.63) is 35.4 Å². The van der Waals surface area contributed by atoms with Crippen LogP contribution in [0.15, 0.2) is 24.3 Å². The van der Waals surface area contributed by atoms with Gasteiger partial charge in [0.25, 0.3) is 0 Å². The highest BCUT2D eigenvalue weighted by Crippen LogP contribution is 2.30. The summed E-state index contributed by atoms with van der Waals surface area (Å²) < 4.78 is 0. The molecule has 0 saturated carbocycles. The molecule has 0 fully saturated rings. The van der Waals surface area contributed by atoms with Gasteiger partial charge in [0.15, 0.2) is 0 Å². The van der Waals surface area contributed by atoms with E-state index in [1.54, 1.807) is 0 Å². The van der Waals surface area contributed by atoms with Crippen molar-refractivity contribution >= 4 is 0 Å². The normalized spacial score (nSPS) is 14.2. The number of hydrogen-bond donors (Lipinski definition) is 1. The topological polar surface area (TPSA) is 20.2 Å². The zero-order chi connectivity index (χ0) is 12.3. The van der Waals surface area contributed by atoms with Gasteiger partial charge in [-0.25, -0.2) is 0 Å². The zero-order valence-corrected chi connectivity index (χ0v) is 11.1. The first-order valence-electron chi connectivity index (χ1n) is 6.06. The van der Waals surface area contributed by atoms with E-state index < -0.39 is 0 Å². The molecule has 1 aromatic rings. The molecule has 16 heavy (non-hydrogen) atoms. The van der Waals surface area contributed by atoms with Gasteiger partial charge in [-0.3, -0.25) is 0 Å². The number of aliphatic hydroxyl groups is 1. The molecule has 0 radical (unpaired) electrons. The molecule has 90 valence electrons. The van der Waals surface area contributed by atoms with E-state index in [9.17, 15) is 5.11 Å². The maximum absolute atomic E-state index is 10.2. The molecule has 0 aliphatic heterocycles. The van der Waals surface area contributed by atoms with Crippen LogP contribution in [0.2, 0.25) is 0 Å². The van der Waals surface area contributed by atoms with Gasteiger partial charge in [-0.15, -0.1) is 0 Å². The smallest absolute Gasteiger partial charge is 0.0617 e. The lowest BCUT2D eigenvalue weighted by Crippen LogP contribution is -2.35. The summed E-state index contributed by atoms with van der Waals surface area (Å²) in [5, 5.41) is 10.2. The van der Waals surface area contributed by atoms with Gasteiger partial charge in [-0.2, -0.15) is 0 Å². The molecule has 1 unspecified atom stereocenters. The van der Waals surface area contributed by atoms with Gasteiger partial charge in [0.1, 0.15) is 0 Å². The van der Waals surface area contributed by atoms with Crippen LogP contribution in [0.3, 0.4) is 0 Å². The third kappa shape index (κ3) is 3.34. The van der Waals surface area contributed by atoms with Crippen molar-refractivity contribution in [1.29, 1.82) is 0 Å². The molecule has 1 atom stereocenters. The van der Waals surface area contributed by atoms with Crippen molar-refractivity contribution in [3.63, 3.8) is 0 Å². The molecule has 0 aliphatic rings. The largest absolute Gasteiger partial charge is 0.392 e. The molecule has 1 nitrogen and oxygen atoms in total. The summed E-state index contributed by atoms with van der Waals surface area (Å²) >= 11 is 0. The molecular weight excluding hydrogens is 196 g/mol. The van der Waals surface area contributed by atoms with Crippen LogP contribution in [0.5, 0.6) is 0 Å². The third-order valence-corrected chi connectivity index (χ3v) is 3.17. The van der Waals surface area contributed by atoms with Crippen molar-refractivity contribution in [3.8, 4) is 0 Å². The van der Waals surface area contributed by atoms with Crippen molar-refractivity contribution in [2.45, 2.75) is 47.1 Å². The van der Waals surface area contributed by atoms with Crippen molar-refractivity contribution in [2.75, 3.05) is 0 Å². The summed E-state index contributed by atoms with van der Waals surface area (Å²) in [4.78, 5) is 0. The van der Waals surface area contributed by atoms with E-state index in [2.05, 4.69) is 58.9 Å². The molecule has 0 amide bonds. The Balaban J connectivity index is 2.80. The second kappa shape index (κ2) is 5.01. The van der Waals surface area contributed by atoms with Gasteiger partial charge in [-0.05, 0) is 30.2 Å². The van der Waals surface area contributed by atoms with Crippen LogP contribution in [-0.2, 0) is 6.42 Å². The monoisotopic (exact) mass is 220 g/mol. The zero-order valence-electron chi connectivity index (χ0n) is 11.1. The summed E-state index contributed by atoms with van der Waals surface area (Å²) in [6, 6.07) is 8.54. The molecule has 0 bridgehead atoms. The first kappa shape index (κ1) is 13.2. The minimum atomic E-state index is -0.256.